The minimum Gasteiger partial charge on any atom is -0.514 e. The molecular weight excluding hydrogens is 175 g/mol. The molecule has 0 spiro atoms. The third-order valence-corrected chi connectivity index (χ3v) is 2.84. The van der Waals surface area contributed by atoms with Gasteiger partial charge >= 0.3 is 16.6 Å². The van der Waals surface area contributed by atoms with Crippen molar-refractivity contribution in [3.63, 3.8) is 0 Å². The van der Waals surface area contributed by atoms with E-state index in [0.29, 0.717) is 6.10 Å². The molecule has 0 saturated carbocycles. The molecule has 0 rings (SSSR count). The van der Waals surface area contributed by atoms with E-state index in [1.807, 2.05) is 0 Å². The number of hydrogen-bond acceptors (Lipinski definition) is 1. The first kappa shape index (κ1) is 13.5. The highest BCUT2D eigenvalue weighted by atomic mass is 27.1. The molecule has 0 aromatic heterocycles. The molecule has 76 valence electrons. The summed E-state index contributed by atoms with van der Waals surface area (Å²) >= 11 is 2.41. The van der Waals surface area contributed by atoms with Crippen LogP contribution in [0.3, 0.4) is 0 Å². The summed E-state index contributed by atoms with van der Waals surface area (Å²) in [5, 5.41) is 0. The molecule has 0 fully saturated rings. The largest absolute Gasteiger partial charge is 0.514 e. The zero-order valence-electron chi connectivity index (χ0n) is 9.22. The molecule has 0 amide bonds. The minimum atomic E-state index is 0.489. The van der Waals surface area contributed by atoms with Crippen molar-refractivity contribution in [1.82, 2.24) is 0 Å². The molecule has 1 nitrogen and oxygen atoms in total. The minimum absolute atomic E-state index is 0.489. The third kappa shape index (κ3) is 8.81. The van der Waals surface area contributed by atoms with Crippen LogP contribution in [0.1, 0.15) is 65.2 Å². The van der Waals surface area contributed by atoms with E-state index in [4.69, 9.17) is 3.79 Å². The fourth-order valence-electron chi connectivity index (χ4n) is 1.52. The number of hydrogen-bond donors (Lipinski definition) is 0. The topological polar surface area (TPSA) is 9.23 Å². The number of rotatable bonds is 9. The summed E-state index contributed by atoms with van der Waals surface area (Å²) in [5.74, 6) is 0. The molecule has 0 aromatic rings. The maximum Gasteiger partial charge on any atom is 0.369 e. The molecule has 0 aliphatic rings. The first-order valence-corrected chi connectivity index (χ1v) is 6.17. The van der Waals surface area contributed by atoms with Gasteiger partial charge in [-0.25, -0.2) is 0 Å². The maximum absolute atomic E-state index is 5.36. The summed E-state index contributed by atoms with van der Waals surface area (Å²) in [5.41, 5.74) is 0. The Balaban J connectivity index is 3.28. The van der Waals surface area contributed by atoms with Crippen molar-refractivity contribution in [1.29, 1.82) is 0 Å². The molecule has 0 aliphatic carbocycles. The van der Waals surface area contributed by atoms with Crippen molar-refractivity contribution in [2.45, 2.75) is 71.3 Å². The summed E-state index contributed by atoms with van der Waals surface area (Å²) in [6.07, 6.45) is 10.9. The van der Waals surface area contributed by atoms with E-state index in [9.17, 15) is 0 Å². The lowest BCUT2D eigenvalue weighted by atomic mass is 10.0. The van der Waals surface area contributed by atoms with Gasteiger partial charge in [-0.15, -0.1) is 0 Å². The van der Waals surface area contributed by atoms with E-state index >= 15 is 0 Å². The Bertz CT molecular complexity index is 86.1. The molecule has 0 bridgehead atoms. The Morgan fingerprint density at radius 2 is 1.38 bits per heavy atom. The van der Waals surface area contributed by atoms with Crippen molar-refractivity contribution in [3.8, 4) is 0 Å². The van der Waals surface area contributed by atoms with Gasteiger partial charge in [0.2, 0.25) is 0 Å². The second-order valence-electron chi connectivity index (χ2n) is 3.75. The van der Waals surface area contributed by atoms with Crippen LogP contribution in [0.4, 0.5) is 0 Å². The van der Waals surface area contributed by atoms with Gasteiger partial charge in [0.25, 0.3) is 0 Å². The second kappa shape index (κ2) is 10.6. The van der Waals surface area contributed by atoms with Crippen molar-refractivity contribution in [2.24, 2.45) is 0 Å². The van der Waals surface area contributed by atoms with Crippen LogP contribution in [0.25, 0.3) is 0 Å². The predicted octanol–water partition coefficient (Wildman–Crippen LogP) is 3.62. The summed E-state index contributed by atoms with van der Waals surface area (Å²) in [7, 11) is 0. The molecule has 2 radical (unpaired) electrons. The van der Waals surface area contributed by atoms with Gasteiger partial charge < -0.3 is 3.79 Å². The smallest absolute Gasteiger partial charge is 0.369 e. The molecule has 0 N–H and O–H groups in total. The first-order valence-electron chi connectivity index (χ1n) is 5.70. The Morgan fingerprint density at radius 3 is 1.69 bits per heavy atom. The van der Waals surface area contributed by atoms with Crippen molar-refractivity contribution in [3.05, 3.63) is 0 Å². The van der Waals surface area contributed by atoms with E-state index in [2.05, 4.69) is 30.5 Å². The Hall–Kier alpha value is 0.492. The molecule has 0 heterocycles. The summed E-state index contributed by atoms with van der Waals surface area (Å²) < 4.78 is 5.36. The average Bonchev–Trinajstić information content (AvgIpc) is 2.16. The van der Waals surface area contributed by atoms with E-state index in [0.717, 1.165) is 0 Å². The molecule has 0 atom stereocenters. The van der Waals surface area contributed by atoms with Crippen LogP contribution in [0, 0.1) is 0 Å². The Labute approximate surface area is 92.0 Å². The molecule has 0 saturated heterocycles. The highest BCUT2D eigenvalue weighted by molar-refractivity contribution is 5.98. The number of unbranched alkanes of at least 4 members (excludes halogenated alkanes) is 4. The molecular formula is C11H23AlO. The fourth-order valence-corrected chi connectivity index (χ4v) is 1.80. The summed E-state index contributed by atoms with van der Waals surface area (Å²) in [6, 6.07) is 0. The average molecular weight is 198 g/mol. The predicted molar refractivity (Wildman–Crippen MR) is 58.9 cm³/mol. The third-order valence-electron chi connectivity index (χ3n) is 2.45. The molecule has 2 heteroatoms. The van der Waals surface area contributed by atoms with Crippen LogP contribution < -0.4 is 0 Å². The van der Waals surface area contributed by atoms with Crippen LogP contribution in [0.2, 0.25) is 0 Å². The van der Waals surface area contributed by atoms with Crippen molar-refractivity contribution in [2.75, 3.05) is 0 Å². The normalized spacial score (nSPS) is 11.0. The molecule has 0 aliphatic heterocycles. The lowest BCUT2D eigenvalue weighted by Crippen LogP contribution is -2.10. The summed E-state index contributed by atoms with van der Waals surface area (Å²) in [4.78, 5) is 0. The van der Waals surface area contributed by atoms with E-state index in [1.54, 1.807) is 0 Å². The lowest BCUT2D eigenvalue weighted by Gasteiger charge is -2.16. The van der Waals surface area contributed by atoms with E-state index in [-0.39, 0.29) is 0 Å². The quantitative estimate of drug-likeness (QED) is 0.406. The van der Waals surface area contributed by atoms with Gasteiger partial charge in [0.15, 0.2) is 0 Å². The van der Waals surface area contributed by atoms with Gasteiger partial charge in [0.05, 0.1) is 0 Å². The zero-order chi connectivity index (χ0) is 9.94. The Kier molecular flexibility index (Phi) is 11.0. The van der Waals surface area contributed by atoms with Gasteiger partial charge in [-0.1, -0.05) is 52.4 Å². The van der Waals surface area contributed by atoms with E-state index < -0.39 is 0 Å². The molecule has 0 aromatic carbocycles. The fraction of sp³-hybridized carbons (Fsp3) is 1.00. The lowest BCUT2D eigenvalue weighted by molar-refractivity contribution is 0.190. The van der Waals surface area contributed by atoms with Gasteiger partial charge in [-0.2, -0.15) is 0 Å². The monoisotopic (exact) mass is 198 g/mol. The van der Waals surface area contributed by atoms with Crippen LogP contribution in [-0.4, -0.2) is 22.7 Å². The SMILES string of the molecule is CCCCCC(CCCCC)[O][Al]. The van der Waals surface area contributed by atoms with Crippen LogP contribution in [-0.2, 0) is 3.79 Å². The summed E-state index contributed by atoms with van der Waals surface area (Å²) in [6.45, 7) is 4.49. The van der Waals surface area contributed by atoms with Crippen LogP contribution in [0.15, 0.2) is 0 Å². The van der Waals surface area contributed by atoms with Crippen LogP contribution in [0.5, 0.6) is 0 Å². The van der Waals surface area contributed by atoms with Crippen molar-refractivity contribution < 1.29 is 3.79 Å². The molecule has 13 heavy (non-hydrogen) atoms. The standard InChI is InChI=1S/C11H23O.Al/c1-3-5-7-9-11(12)10-8-6-4-2;/h11H,3-10H2,1-2H3;/q-1;+1. The first-order chi connectivity index (χ1) is 6.35. The van der Waals surface area contributed by atoms with Gasteiger partial charge in [-0.3, -0.25) is 0 Å². The van der Waals surface area contributed by atoms with Gasteiger partial charge in [0, 0.05) is 6.10 Å². The highest BCUT2D eigenvalue weighted by Crippen LogP contribution is 2.12. The maximum atomic E-state index is 5.36. The highest BCUT2D eigenvalue weighted by Gasteiger charge is 2.04. The molecule has 0 unspecified atom stereocenters. The second-order valence-corrected chi connectivity index (χ2v) is 4.02. The Morgan fingerprint density at radius 1 is 0.923 bits per heavy atom. The van der Waals surface area contributed by atoms with Crippen molar-refractivity contribution >= 4 is 16.6 Å². The van der Waals surface area contributed by atoms with E-state index in [1.165, 1.54) is 51.4 Å². The van der Waals surface area contributed by atoms with Gasteiger partial charge in [-0.05, 0) is 12.8 Å². The van der Waals surface area contributed by atoms with Gasteiger partial charge in [0.1, 0.15) is 0 Å². The van der Waals surface area contributed by atoms with Crippen LogP contribution >= 0.6 is 0 Å². The zero-order valence-corrected chi connectivity index (χ0v) is 10.4.